The van der Waals surface area contributed by atoms with Crippen molar-refractivity contribution in [3.63, 3.8) is 0 Å². The molecule has 0 spiro atoms. The SMILES string of the molecule is Cc1nn(C)c(Cl)c1S(=O)(=O)N[C@](C)(c1ccccc1)C(F)(F)F. The second-order valence-electron chi connectivity index (χ2n) is 5.42. The van der Waals surface area contributed by atoms with Crippen molar-refractivity contribution in [3.8, 4) is 0 Å². The minimum atomic E-state index is -4.87. The number of halogens is 4. The molecule has 10 heteroatoms. The highest BCUT2D eigenvalue weighted by atomic mass is 35.5. The number of rotatable bonds is 4. The Bertz CT molecular complexity index is 850. The summed E-state index contributed by atoms with van der Waals surface area (Å²) < 4.78 is 69.0. The highest BCUT2D eigenvalue weighted by Crippen LogP contribution is 2.40. The zero-order valence-electron chi connectivity index (χ0n) is 13.0. The maximum absolute atomic E-state index is 13.7. The second-order valence-corrected chi connectivity index (χ2v) is 7.40. The Labute approximate surface area is 142 Å². The van der Waals surface area contributed by atoms with E-state index in [1.807, 2.05) is 0 Å². The lowest BCUT2D eigenvalue weighted by molar-refractivity contribution is -0.189. The normalized spacial score (nSPS) is 15.3. The molecule has 0 amide bonds. The summed E-state index contributed by atoms with van der Waals surface area (Å²) in [5.41, 5.74) is -3.05. The highest BCUT2D eigenvalue weighted by molar-refractivity contribution is 7.89. The van der Waals surface area contributed by atoms with E-state index in [4.69, 9.17) is 11.6 Å². The number of nitrogens with one attached hydrogen (secondary N) is 1. The summed E-state index contributed by atoms with van der Waals surface area (Å²) in [4.78, 5) is -0.474. The van der Waals surface area contributed by atoms with Crippen LogP contribution < -0.4 is 4.72 Å². The molecule has 1 heterocycles. The Balaban J connectivity index is 2.59. The number of benzene rings is 1. The second kappa shape index (κ2) is 6.05. The molecule has 0 saturated carbocycles. The van der Waals surface area contributed by atoms with E-state index in [0.29, 0.717) is 0 Å². The minimum Gasteiger partial charge on any atom is -0.255 e. The number of alkyl halides is 3. The molecule has 2 aromatic rings. The van der Waals surface area contributed by atoms with Crippen molar-refractivity contribution in [2.75, 3.05) is 0 Å². The van der Waals surface area contributed by atoms with Crippen LogP contribution in [0.5, 0.6) is 0 Å². The van der Waals surface area contributed by atoms with Crippen molar-refractivity contribution in [2.24, 2.45) is 7.05 Å². The van der Waals surface area contributed by atoms with Gasteiger partial charge in [-0.15, -0.1) is 0 Å². The molecular weight excluding hydrogens is 367 g/mol. The number of sulfonamides is 1. The Kier molecular flexibility index (Phi) is 4.73. The largest absolute Gasteiger partial charge is 0.411 e. The number of aromatic nitrogens is 2. The first kappa shape index (κ1) is 18.8. The highest BCUT2D eigenvalue weighted by Gasteiger charge is 2.55. The molecule has 132 valence electrons. The monoisotopic (exact) mass is 381 g/mol. The predicted octanol–water partition coefficient (Wildman–Crippen LogP) is 3.14. The molecule has 0 unspecified atom stereocenters. The number of hydrogen-bond donors (Lipinski definition) is 1. The summed E-state index contributed by atoms with van der Waals surface area (Å²) in [6, 6.07) is 6.74. The first-order valence-electron chi connectivity index (χ1n) is 6.75. The average Bonchev–Trinajstić information content (AvgIpc) is 2.71. The summed E-state index contributed by atoms with van der Waals surface area (Å²) in [6.07, 6.45) is -4.87. The van der Waals surface area contributed by atoms with Crippen molar-refractivity contribution >= 4 is 21.6 Å². The molecule has 1 atom stereocenters. The zero-order chi connectivity index (χ0) is 18.3. The van der Waals surface area contributed by atoms with Gasteiger partial charge in [-0.2, -0.15) is 23.0 Å². The van der Waals surface area contributed by atoms with Crippen molar-refractivity contribution < 1.29 is 21.6 Å². The van der Waals surface area contributed by atoms with Gasteiger partial charge in [-0.05, 0) is 19.4 Å². The number of aryl methyl sites for hydroxylation is 2. The van der Waals surface area contributed by atoms with E-state index in [2.05, 4.69) is 5.10 Å². The summed E-state index contributed by atoms with van der Waals surface area (Å²) >= 11 is 5.89. The van der Waals surface area contributed by atoms with E-state index in [9.17, 15) is 21.6 Å². The van der Waals surface area contributed by atoms with Crippen LogP contribution in [0.4, 0.5) is 13.2 Å². The van der Waals surface area contributed by atoms with Crippen LogP contribution in [-0.2, 0) is 22.6 Å². The smallest absolute Gasteiger partial charge is 0.255 e. The molecular formula is C14H15ClF3N3O2S. The first-order chi connectivity index (χ1) is 10.9. The van der Waals surface area contributed by atoms with E-state index < -0.39 is 26.6 Å². The quantitative estimate of drug-likeness (QED) is 0.885. The molecule has 0 radical (unpaired) electrons. The third-order valence-corrected chi connectivity index (χ3v) is 5.87. The number of nitrogens with zero attached hydrogens (tertiary/aromatic N) is 2. The lowest BCUT2D eigenvalue weighted by Crippen LogP contribution is -2.53. The molecule has 0 aliphatic carbocycles. The van der Waals surface area contributed by atoms with E-state index in [0.717, 1.165) is 11.6 Å². The van der Waals surface area contributed by atoms with Crippen LogP contribution in [0.25, 0.3) is 0 Å². The molecule has 2 rings (SSSR count). The third-order valence-electron chi connectivity index (χ3n) is 3.63. The molecule has 24 heavy (non-hydrogen) atoms. The number of hydrogen-bond acceptors (Lipinski definition) is 3. The maximum Gasteiger partial charge on any atom is 0.411 e. The van der Waals surface area contributed by atoms with E-state index in [1.54, 1.807) is 4.72 Å². The summed E-state index contributed by atoms with van der Waals surface area (Å²) in [5, 5.41) is 3.56. The lowest BCUT2D eigenvalue weighted by Gasteiger charge is -2.33. The van der Waals surface area contributed by atoms with Crippen molar-refractivity contribution in [1.29, 1.82) is 0 Å². The van der Waals surface area contributed by atoms with E-state index in [1.165, 1.54) is 44.3 Å². The molecule has 0 bridgehead atoms. The molecule has 5 nitrogen and oxygen atoms in total. The van der Waals surface area contributed by atoms with Crippen LogP contribution in [0.3, 0.4) is 0 Å². The maximum atomic E-state index is 13.7. The van der Waals surface area contributed by atoms with Gasteiger partial charge in [0.15, 0.2) is 5.54 Å². The molecule has 1 aromatic heterocycles. The first-order valence-corrected chi connectivity index (χ1v) is 8.61. The van der Waals surface area contributed by atoms with Gasteiger partial charge in [-0.25, -0.2) is 8.42 Å². The molecule has 0 aliphatic rings. The van der Waals surface area contributed by atoms with E-state index in [-0.39, 0.29) is 16.4 Å². The van der Waals surface area contributed by atoms with Gasteiger partial charge in [-0.1, -0.05) is 41.9 Å². The fraction of sp³-hybridized carbons (Fsp3) is 0.357. The fourth-order valence-electron chi connectivity index (χ4n) is 2.29. The van der Waals surface area contributed by atoms with Crippen molar-refractivity contribution in [2.45, 2.75) is 30.5 Å². The Morgan fingerprint density at radius 3 is 2.17 bits per heavy atom. The molecule has 0 aliphatic heterocycles. The van der Waals surface area contributed by atoms with Gasteiger partial charge in [0.1, 0.15) is 10.0 Å². The van der Waals surface area contributed by atoms with Crippen LogP contribution in [0.1, 0.15) is 18.2 Å². The summed E-state index contributed by atoms with van der Waals surface area (Å²) in [6.45, 7) is 2.12. The summed E-state index contributed by atoms with van der Waals surface area (Å²) in [7, 11) is -3.18. The Morgan fingerprint density at radius 1 is 1.21 bits per heavy atom. The van der Waals surface area contributed by atoms with Crippen LogP contribution in [0, 0.1) is 6.92 Å². The molecule has 0 fully saturated rings. The van der Waals surface area contributed by atoms with Gasteiger partial charge in [0.05, 0.1) is 5.69 Å². The molecule has 0 saturated heterocycles. The van der Waals surface area contributed by atoms with Gasteiger partial charge in [0, 0.05) is 7.05 Å². The minimum absolute atomic E-state index is 0.00702. The average molecular weight is 382 g/mol. The molecule has 1 aromatic carbocycles. The van der Waals surface area contributed by atoms with Gasteiger partial charge >= 0.3 is 6.18 Å². The third kappa shape index (κ3) is 3.15. The Morgan fingerprint density at radius 2 is 1.75 bits per heavy atom. The van der Waals surface area contributed by atoms with Gasteiger partial charge in [0.25, 0.3) is 0 Å². The standard InChI is InChI=1S/C14H15ClF3N3O2S/c1-9-11(12(15)21(3)19-9)24(22,23)20-13(2,14(16,17)18)10-7-5-4-6-8-10/h4-8,20H,1-3H3/t13-/m1/s1. The molecule has 1 N–H and O–H groups in total. The van der Waals surface area contributed by atoms with Crippen molar-refractivity contribution in [3.05, 3.63) is 46.7 Å². The van der Waals surface area contributed by atoms with Crippen LogP contribution in [-0.4, -0.2) is 24.4 Å². The topological polar surface area (TPSA) is 64.0 Å². The van der Waals surface area contributed by atoms with Gasteiger partial charge in [-0.3, -0.25) is 4.68 Å². The van der Waals surface area contributed by atoms with Crippen molar-refractivity contribution in [1.82, 2.24) is 14.5 Å². The zero-order valence-corrected chi connectivity index (χ0v) is 14.6. The van der Waals surface area contributed by atoms with Crippen LogP contribution >= 0.6 is 11.6 Å². The van der Waals surface area contributed by atoms with E-state index >= 15 is 0 Å². The van der Waals surface area contributed by atoms with Crippen LogP contribution in [0.15, 0.2) is 35.2 Å². The fourth-order valence-corrected chi connectivity index (χ4v) is 4.42. The predicted molar refractivity (Wildman–Crippen MR) is 83.1 cm³/mol. The van der Waals surface area contributed by atoms with Gasteiger partial charge < -0.3 is 0 Å². The van der Waals surface area contributed by atoms with Gasteiger partial charge in [0.2, 0.25) is 10.0 Å². The van der Waals surface area contributed by atoms with Crippen LogP contribution in [0.2, 0.25) is 5.15 Å². The lowest BCUT2D eigenvalue weighted by atomic mass is 9.93. The Hall–Kier alpha value is -1.58. The summed E-state index contributed by atoms with van der Waals surface area (Å²) in [5.74, 6) is 0.